The Morgan fingerprint density at radius 3 is 2.50 bits per heavy atom. The third-order valence-corrected chi connectivity index (χ3v) is 4.38. The number of ether oxygens (including phenoxy) is 1. The quantitative estimate of drug-likeness (QED) is 0.662. The molecule has 0 saturated heterocycles. The van der Waals surface area contributed by atoms with Crippen LogP contribution in [0.4, 0.5) is 0 Å². The molecule has 1 aromatic heterocycles. The molecule has 0 aliphatic heterocycles. The number of amides is 1. The molecule has 0 unspecified atom stereocenters. The standard InChI is InChI=1S/C22H25N3O3/c1-4-28-17-9-10-20-18(11-17)21(26)19(13-23-20)22(27)24-12-15-5-7-16(8-6-15)14-25(2)3/h5-11,13H,4,12,14H2,1-3H3,(H,23,26)(H,24,27). The van der Waals surface area contributed by atoms with E-state index in [2.05, 4.69) is 15.2 Å². The first kappa shape index (κ1) is 19.6. The van der Waals surface area contributed by atoms with Crippen LogP contribution in [0.5, 0.6) is 5.75 Å². The Morgan fingerprint density at radius 2 is 1.82 bits per heavy atom. The van der Waals surface area contributed by atoms with Gasteiger partial charge >= 0.3 is 0 Å². The molecule has 0 aliphatic carbocycles. The Balaban J connectivity index is 1.74. The number of benzene rings is 2. The van der Waals surface area contributed by atoms with Crippen molar-refractivity contribution in [1.29, 1.82) is 0 Å². The topological polar surface area (TPSA) is 74.4 Å². The van der Waals surface area contributed by atoms with Gasteiger partial charge in [0, 0.05) is 30.2 Å². The zero-order valence-corrected chi connectivity index (χ0v) is 16.4. The van der Waals surface area contributed by atoms with Crippen LogP contribution in [0.1, 0.15) is 28.4 Å². The van der Waals surface area contributed by atoms with Crippen molar-refractivity contribution in [2.75, 3.05) is 20.7 Å². The van der Waals surface area contributed by atoms with Gasteiger partial charge in [-0.15, -0.1) is 0 Å². The average Bonchev–Trinajstić information content (AvgIpc) is 2.68. The van der Waals surface area contributed by atoms with Gasteiger partial charge in [-0.25, -0.2) is 0 Å². The van der Waals surface area contributed by atoms with Gasteiger partial charge in [-0.3, -0.25) is 9.59 Å². The normalized spacial score (nSPS) is 11.0. The molecule has 6 heteroatoms. The first-order chi connectivity index (χ1) is 13.5. The van der Waals surface area contributed by atoms with Crippen molar-refractivity contribution in [3.8, 4) is 5.75 Å². The predicted molar refractivity (Wildman–Crippen MR) is 111 cm³/mol. The first-order valence-electron chi connectivity index (χ1n) is 9.27. The molecule has 0 saturated carbocycles. The highest BCUT2D eigenvalue weighted by atomic mass is 16.5. The fourth-order valence-corrected chi connectivity index (χ4v) is 3.03. The van der Waals surface area contributed by atoms with Gasteiger partial charge in [0.15, 0.2) is 0 Å². The highest BCUT2D eigenvalue weighted by molar-refractivity contribution is 5.97. The number of aromatic nitrogens is 1. The van der Waals surface area contributed by atoms with Crippen LogP contribution in [0, 0.1) is 0 Å². The summed E-state index contributed by atoms with van der Waals surface area (Å²) in [6.07, 6.45) is 1.46. The molecular weight excluding hydrogens is 354 g/mol. The number of pyridine rings is 1. The van der Waals surface area contributed by atoms with Gasteiger partial charge in [-0.2, -0.15) is 0 Å². The van der Waals surface area contributed by atoms with E-state index in [9.17, 15) is 9.59 Å². The minimum atomic E-state index is -0.401. The highest BCUT2D eigenvalue weighted by Crippen LogP contribution is 2.17. The van der Waals surface area contributed by atoms with Gasteiger partial charge in [-0.05, 0) is 50.3 Å². The first-order valence-corrected chi connectivity index (χ1v) is 9.27. The van der Waals surface area contributed by atoms with Crippen LogP contribution in [0.25, 0.3) is 10.9 Å². The maximum atomic E-state index is 12.7. The van der Waals surface area contributed by atoms with Gasteiger partial charge in [0.25, 0.3) is 5.91 Å². The number of carbonyl (C=O) groups is 1. The van der Waals surface area contributed by atoms with E-state index in [4.69, 9.17) is 4.74 Å². The van der Waals surface area contributed by atoms with Gasteiger partial charge in [0.05, 0.1) is 6.61 Å². The van der Waals surface area contributed by atoms with Crippen LogP contribution in [-0.4, -0.2) is 36.5 Å². The number of nitrogens with one attached hydrogen (secondary N) is 2. The number of nitrogens with zero attached hydrogens (tertiary/aromatic N) is 1. The third kappa shape index (κ3) is 4.58. The second-order valence-electron chi connectivity index (χ2n) is 6.91. The Labute approximate surface area is 164 Å². The van der Waals surface area contributed by atoms with Crippen LogP contribution in [-0.2, 0) is 13.1 Å². The van der Waals surface area contributed by atoms with Crippen LogP contribution in [0.3, 0.4) is 0 Å². The summed E-state index contributed by atoms with van der Waals surface area (Å²) in [6.45, 7) is 3.61. The molecule has 6 nitrogen and oxygen atoms in total. The smallest absolute Gasteiger partial charge is 0.257 e. The fraction of sp³-hybridized carbons (Fsp3) is 0.273. The molecule has 0 bridgehead atoms. The predicted octanol–water partition coefficient (Wildman–Crippen LogP) is 2.92. The maximum Gasteiger partial charge on any atom is 0.257 e. The lowest BCUT2D eigenvalue weighted by Crippen LogP contribution is -2.28. The second kappa shape index (κ2) is 8.71. The van der Waals surface area contributed by atoms with E-state index in [1.165, 1.54) is 11.8 Å². The van der Waals surface area contributed by atoms with Crippen molar-refractivity contribution < 1.29 is 9.53 Å². The lowest BCUT2D eigenvalue weighted by Gasteiger charge is -2.10. The van der Waals surface area contributed by atoms with Crippen molar-refractivity contribution in [3.05, 3.63) is 75.6 Å². The van der Waals surface area contributed by atoms with Crippen LogP contribution in [0.15, 0.2) is 53.5 Å². The molecule has 3 aromatic rings. The zero-order chi connectivity index (χ0) is 20.1. The molecule has 0 radical (unpaired) electrons. The van der Waals surface area contributed by atoms with Crippen LogP contribution < -0.4 is 15.5 Å². The number of H-pyrrole nitrogens is 1. The van der Waals surface area contributed by atoms with E-state index in [0.29, 0.717) is 29.8 Å². The van der Waals surface area contributed by atoms with E-state index in [1.54, 1.807) is 18.2 Å². The average molecular weight is 379 g/mol. The second-order valence-corrected chi connectivity index (χ2v) is 6.91. The number of rotatable bonds is 7. The Morgan fingerprint density at radius 1 is 1.11 bits per heavy atom. The molecule has 2 aromatic carbocycles. The van der Waals surface area contributed by atoms with Crippen molar-refractivity contribution >= 4 is 16.8 Å². The molecule has 1 heterocycles. The summed E-state index contributed by atoms with van der Waals surface area (Å²) in [6, 6.07) is 13.3. The molecule has 28 heavy (non-hydrogen) atoms. The summed E-state index contributed by atoms with van der Waals surface area (Å²) in [5.74, 6) is 0.207. The summed E-state index contributed by atoms with van der Waals surface area (Å²) >= 11 is 0. The van der Waals surface area contributed by atoms with E-state index >= 15 is 0 Å². The van der Waals surface area contributed by atoms with E-state index in [0.717, 1.165) is 12.1 Å². The van der Waals surface area contributed by atoms with Crippen molar-refractivity contribution in [1.82, 2.24) is 15.2 Å². The summed E-state index contributed by atoms with van der Waals surface area (Å²) in [4.78, 5) is 30.4. The van der Waals surface area contributed by atoms with Crippen molar-refractivity contribution in [2.45, 2.75) is 20.0 Å². The van der Waals surface area contributed by atoms with Gasteiger partial charge in [-0.1, -0.05) is 24.3 Å². The molecule has 0 fully saturated rings. The summed E-state index contributed by atoms with van der Waals surface area (Å²) in [7, 11) is 4.04. The van der Waals surface area contributed by atoms with Crippen LogP contribution in [0.2, 0.25) is 0 Å². The molecule has 1 amide bonds. The Hall–Kier alpha value is -3.12. The summed E-state index contributed by atoms with van der Waals surface area (Å²) in [5.41, 5.74) is 2.63. The van der Waals surface area contributed by atoms with E-state index in [1.807, 2.05) is 45.3 Å². The molecule has 0 atom stereocenters. The lowest BCUT2D eigenvalue weighted by atomic mass is 10.1. The highest BCUT2D eigenvalue weighted by Gasteiger charge is 2.13. The number of fused-ring (bicyclic) bond motifs is 1. The molecule has 146 valence electrons. The van der Waals surface area contributed by atoms with Gasteiger partial charge < -0.3 is 19.9 Å². The minimum Gasteiger partial charge on any atom is -0.494 e. The monoisotopic (exact) mass is 379 g/mol. The molecule has 0 spiro atoms. The number of hydrogen-bond donors (Lipinski definition) is 2. The molecular formula is C22H25N3O3. The molecule has 3 rings (SSSR count). The van der Waals surface area contributed by atoms with Crippen LogP contribution >= 0.6 is 0 Å². The SMILES string of the molecule is CCOc1ccc2[nH]cc(C(=O)NCc3ccc(CN(C)C)cc3)c(=O)c2c1. The number of aromatic amines is 1. The molecule has 2 N–H and O–H groups in total. The van der Waals surface area contributed by atoms with Gasteiger partial charge in [0.2, 0.25) is 5.43 Å². The minimum absolute atomic E-state index is 0.0883. The Bertz CT molecular complexity index is 1020. The lowest BCUT2D eigenvalue weighted by molar-refractivity contribution is 0.0949. The molecule has 0 aliphatic rings. The van der Waals surface area contributed by atoms with Gasteiger partial charge in [0.1, 0.15) is 11.3 Å². The summed E-state index contributed by atoms with van der Waals surface area (Å²) < 4.78 is 5.45. The van der Waals surface area contributed by atoms with E-state index < -0.39 is 5.91 Å². The Kier molecular flexibility index (Phi) is 6.11. The van der Waals surface area contributed by atoms with Crippen molar-refractivity contribution in [2.24, 2.45) is 0 Å². The zero-order valence-electron chi connectivity index (χ0n) is 16.4. The third-order valence-electron chi connectivity index (χ3n) is 4.38. The largest absolute Gasteiger partial charge is 0.494 e. The number of carbonyl (C=O) groups excluding carboxylic acids is 1. The van der Waals surface area contributed by atoms with E-state index in [-0.39, 0.29) is 11.0 Å². The fourth-order valence-electron chi connectivity index (χ4n) is 3.03. The summed E-state index contributed by atoms with van der Waals surface area (Å²) in [5, 5.41) is 3.26. The maximum absolute atomic E-state index is 12.7. The number of hydrogen-bond acceptors (Lipinski definition) is 4. The van der Waals surface area contributed by atoms with Crippen molar-refractivity contribution in [3.63, 3.8) is 0 Å².